The normalized spacial score (nSPS) is 21.2. The number of carbonyl (C=O) groups excluding carboxylic acids is 1. The molecule has 1 amide bonds. The highest BCUT2D eigenvalue weighted by Crippen LogP contribution is 2.26. The maximum Gasteiger partial charge on any atom is 0.397 e. The summed E-state index contributed by atoms with van der Waals surface area (Å²) in [5.74, 6) is -0.684. The Labute approximate surface area is 371 Å². The van der Waals surface area contributed by atoms with Crippen molar-refractivity contribution >= 4 is 16.3 Å². The second kappa shape index (κ2) is 38.1. The molecular weight excluding hydrogens is 803 g/mol. The van der Waals surface area contributed by atoms with Gasteiger partial charge >= 0.3 is 10.4 Å². The molecular formula is C47H91NO12S. The van der Waals surface area contributed by atoms with Gasteiger partial charge in [0, 0.05) is 0 Å². The average molecular weight is 894 g/mol. The number of ether oxygens (including phenoxy) is 2. The van der Waals surface area contributed by atoms with Crippen molar-refractivity contribution in [2.45, 2.75) is 268 Å². The van der Waals surface area contributed by atoms with E-state index in [1.54, 1.807) is 0 Å². The van der Waals surface area contributed by atoms with Gasteiger partial charge < -0.3 is 40.3 Å². The highest BCUT2D eigenvalue weighted by Gasteiger charge is 2.48. The summed E-state index contributed by atoms with van der Waals surface area (Å²) in [5, 5.41) is 55.4. The number of hydrogen-bond donors (Lipinski definition) is 7. The van der Waals surface area contributed by atoms with Crippen LogP contribution in [0.3, 0.4) is 0 Å². The first kappa shape index (κ1) is 57.8. The second-order valence-electron chi connectivity index (χ2n) is 17.5. The number of carbonyl (C=O) groups is 1. The van der Waals surface area contributed by atoms with Gasteiger partial charge in [-0.3, -0.25) is 9.35 Å². The van der Waals surface area contributed by atoms with Crippen LogP contribution in [0.2, 0.25) is 0 Å². The van der Waals surface area contributed by atoms with Crippen LogP contribution in [0.15, 0.2) is 12.2 Å². The van der Waals surface area contributed by atoms with Gasteiger partial charge in [0.2, 0.25) is 5.91 Å². The Morgan fingerprint density at radius 3 is 1.49 bits per heavy atom. The molecule has 1 rings (SSSR count). The number of aliphatic hydroxyl groups is 5. The average Bonchev–Trinajstić information content (AvgIpc) is 3.23. The van der Waals surface area contributed by atoms with Gasteiger partial charge in [-0.2, -0.15) is 8.42 Å². The molecule has 13 nitrogen and oxygen atoms in total. The number of aliphatic hydroxyl groups excluding tert-OH is 5. The fourth-order valence-electron chi connectivity index (χ4n) is 7.99. The highest BCUT2D eigenvalue weighted by molar-refractivity contribution is 7.80. The molecule has 14 heteroatoms. The lowest BCUT2D eigenvalue weighted by Crippen LogP contribution is -2.61. The summed E-state index contributed by atoms with van der Waals surface area (Å²) >= 11 is 0. The Bertz CT molecular complexity index is 1160. The van der Waals surface area contributed by atoms with E-state index in [-0.39, 0.29) is 6.42 Å². The highest BCUT2D eigenvalue weighted by atomic mass is 32.3. The first-order valence-electron chi connectivity index (χ1n) is 24.7. The van der Waals surface area contributed by atoms with Crippen molar-refractivity contribution in [2.75, 3.05) is 13.2 Å². The van der Waals surface area contributed by atoms with Gasteiger partial charge in [0.15, 0.2) is 6.29 Å². The molecule has 0 aromatic carbocycles. The van der Waals surface area contributed by atoms with Crippen LogP contribution < -0.4 is 5.32 Å². The lowest BCUT2D eigenvalue weighted by Gasteiger charge is -2.41. The van der Waals surface area contributed by atoms with E-state index in [0.717, 1.165) is 38.5 Å². The Hall–Kier alpha value is -1.20. The van der Waals surface area contributed by atoms with E-state index in [2.05, 4.69) is 35.5 Å². The molecule has 1 fully saturated rings. The Balaban J connectivity index is 2.50. The van der Waals surface area contributed by atoms with E-state index in [1.807, 2.05) is 0 Å². The third-order valence-corrected chi connectivity index (χ3v) is 12.4. The van der Waals surface area contributed by atoms with Crippen LogP contribution in [-0.2, 0) is 28.9 Å². The van der Waals surface area contributed by atoms with Gasteiger partial charge in [-0.05, 0) is 38.5 Å². The Morgan fingerprint density at radius 1 is 0.639 bits per heavy atom. The van der Waals surface area contributed by atoms with Crippen molar-refractivity contribution < 1.29 is 57.0 Å². The van der Waals surface area contributed by atoms with Crippen LogP contribution in [0.5, 0.6) is 0 Å². The van der Waals surface area contributed by atoms with Crippen LogP contribution in [0.1, 0.15) is 219 Å². The fraction of sp³-hybridized carbons (Fsp3) is 0.936. The molecule has 1 aliphatic heterocycles. The number of rotatable bonds is 42. The molecule has 1 heterocycles. The van der Waals surface area contributed by atoms with Crippen molar-refractivity contribution in [1.82, 2.24) is 5.32 Å². The summed E-state index contributed by atoms with van der Waals surface area (Å²) in [5.41, 5.74) is 0. The number of amides is 1. The van der Waals surface area contributed by atoms with Gasteiger partial charge in [-0.1, -0.05) is 193 Å². The largest absolute Gasteiger partial charge is 0.397 e. The number of allylic oxidation sites excluding steroid dienone is 2. The molecule has 362 valence electrons. The van der Waals surface area contributed by atoms with Crippen LogP contribution in [-0.4, -0.2) is 107 Å². The van der Waals surface area contributed by atoms with Crippen molar-refractivity contribution in [3.8, 4) is 0 Å². The summed E-state index contributed by atoms with van der Waals surface area (Å²) in [4.78, 5) is 13.1. The Kier molecular flexibility index (Phi) is 36.1. The maximum atomic E-state index is 13.1. The van der Waals surface area contributed by atoms with Gasteiger partial charge in [0.1, 0.15) is 30.5 Å². The summed E-state index contributed by atoms with van der Waals surface area (Å²) in [6, 6.07) is -1.04. The lowest BCUT2D eigenvalue weighted by molar-refractivity contribution is -0.298. The topological polar surface area (TPSA) is 212 Å². The third-order valence-electron chi connectivity index (χ3n) is 11.9. The molecule has 0 saturated carbocycles. The monoisotopic (exact) mass is 894 g/mol. The smallest absolute Gasteiger partial charge is 0.394 e. The minimum Gasteiger partial charge on any atom is -0.394 e. The van der Waals surface area contributed by atoms with Crippen molar-refractivity contribution in [1.29, 1.82) is 0 Å². The van der Waals surface area contributed by atoms with Crippen LogP contribution in [0.25, 0.3) is 0 Å². The van der Waals surface area contributed by atoms with E-state index in [0.29, 0.717) is 19.3 Å². The molecule has 0 bridgehead atoms. The minimum atomic E-state index is -5.11. The molecule has 0 aromatic heterocycles. The van der Waals surface area contributed by atoms with Gasteiger partial charge in [-0.15, -0.1) is 0 Å². The minimum absolute atomic E-state index is 0.231. The molecule has 61 heavy (non-hydrogen) atoms. The molecule has 1 aliphatic rings. The quantitative estimate of drug-likeness (QED) is 0.0174. The van der Waals surface area contributed by atoms with Gasteiger partial charge in [-0.25, -0.2) is 4.18 Å². The SMILES string of the molecule is CCCCCCCC/C=C\CCCCC(O)C(=O)NC(COC1OC(CO)C(O)C(OS(=O)(=O)O)C1O)C(O)CCCCCCCCCCCCCCCCCCCCCC. The van der Waals surface area contributed by atoms with Crippen molar-refractivity contribution in [3.63, 3.8) is 0 Å². The number of hydrogen-bond acceptors (Lipinski definition) is 11. The van der Waals surface area contributed by atoms with E-state index >= 15 is 0 Å². The third kappa shape index (κ3) is 30.6. The molecule has 0 radical (unpaired) electrons. The molecule has 0 spiro atoms. The first-order chi connectivity index (χ1) is 29.4. The summed E-state index contributed by atoms with van der Waals surface area (Å²) in [6.45, 7) is 3.27. The zero-order valence-corrected chi connectivity index (χ0v) is 39.2. The standard InChI is InChI=1S/C47H91NO12S/c1-3-5-7-9-11-13-15-17-18-19-20-21-22-23-24-26-27-29-31-33-35-40(50)39(38-58-47-44(53)45(60-61(55,56)57)43(52)42(37-49)59-47)48-46(54)41(51)36-34-32-30-28-25-16-14-12-10-8-6-4-2/h25,28,39-45,47,49-53H,3-24,26-27,29-38H2,1-2H3,(H,48,54)(H,55,56,57)/b28-25-. The van der Waals surface area contributed by atoms with E-state index in [4.69, 9.17) is 9.47 Å². The van der Waals surface area contributed by atoms with Gasteiger partial charge in [0.25, 0.3) is 0 Å². The predicted molar refractivity (Wildman–Crippen MR) is 242 cm³/mol. The molecule has 0 aromatic rings. The molecule has 8 unspecified atom stereocenters. The first-order valence-corrected chi connectivity index (χ1v) is 26.0. The predicted octanol–water partition coefficient (Wildman–Crippen LogP) is 8.92. The van der Waals surface area contributed by atoms with Crippen LogP contribution in [0, 0.1) is 0 Å². The van der Waals surface area contributed by atoms with Gasteiger partial charge in [0.05, 0.1) is 25.4 Å². The van der Waals surface area contributed by atoms with Crippen molar-refractivity contribution in [3.05, 3.63) is 12.2 Å². The summed E-state index contributed by atoms with van der Waals surface area (Å²) in [6.07, 6.45) is 29.7. The summed E-state index contributed by atoms with van der Waals surface area (Å²) in [7, 11) is -5.11. The van der Waals surface area contributed by atoms with E-state index in [1.165, 1.54) is 141 Å². The Morgan fingerprint density at radius 2 is 1.05 bits per heavy atom. The van der Waals surface area contributed by atoms with Crippen molar-refractivity contribution in [2.24, 2.45) is 0 Å². The molecule has 8 atom stereocenters. The lowest BCUT2D eigenvalue weighted by atomic mass is 9.99. The maximum absolute atomic E-state index is 13.1. The molecule has 7 N–H and O–H groups in total. The zero-order valence-electron chi connectivity index (χ0n) is 38.4. The number of unbranched alkanes of at least 4 members (excludes halogenated alkanes) is 27. The molecule has 1 saturated heterocycles. The molecule has 0 aliphatic carbocycles. The van der Waals surface area contributed by atoms with E-state index < -0.39 is 78.5 Å². The van der Waals surface area contributed by atoms with Crippen LogP contribution in [0.4, 0.5) is 0 Å². The van der Waals surface area contributed by atoms with E-state index in [9.17, 15) is 43.3 Å². The fourth-order valence-corrected chi connectivity index (χ4v) is 8.50. The zero-order chi connectivity index (χ0) is 45.0. The van der Waals surface area contributed by atoms with Crippen LogP contribution >= 0.6 is 0 Å². The second-order valence-corrected chi connectivity index (χ2v) is 18.6. The summed E-state index contributed by atoms with van der Waals surface area (Å²) < 4.78 is 47.6. The number of nitrogens with one attached hydrogen (secondary N) is 1.